The first-order valence-corrected chi connectivity index (χ1v) is 6.07. The molecular weight excluding hydrogens is 256 g/mol. The zero-order chi connectivity index (χ0) is 13.9. The van der Waals surface area contributed by atoms with Crippen LogP contribution in [0.2, 0.25) is 0 Å². The van der Waals surface area contributed by atoms with Gasteiger partial charge in [-0.25, -0.2) is 4.68 Å². The number of aryl methyl sites for hydroxylation is 1. The number of anilines is 1. The van der Waals surface area contributed by atoms with Crippen molar-refractivity contribution in [2.45, 2.75) is 6.92 Å². The van der Waals surface area contributed by atoms with E-state index in [2.05, 4.69) is 15.6 Å². The van der Waals surface area contributed by atoms with Crippen LogP contribution in [0.15, 0.2) is 53.3 Å². The number of carbonyl (C=O) groups excluding carboxylic acids is 1. The number of nitrogens with zero attached hydrogens (tertiary/aromatic N) is 3. The zero-order valence-electron chi connectivity index (χ0n) is 10.8. The number of para-hydroxylation sites is 1. The van der Waals surface area contributed by atoms with Crippen molar-refractivity contribution in [2.24, 2.45) is 0 Å². The number of aromatic nitrogens is 3. The predicted molar refractivity (Wildman–Crippen MR) is 72.8 cm³/mol. The first-order chi connectivity index (χ1) is 9.72. The van der Waals surface area contributed by atoms with E-state index >= 15 is 0 Å². The van der Waals surface area contributed by atoms with Crippen molar-refractivity contribution in [3.05, 3.63) is 60.1 Å². The number of nitrogens with one attached hydrogen (secondary N) is 1. The van der Waals surface area contributed by atoms with Gasteiger partial charge in [0, 0.05) is 12.3 Å². The number of hydrogen-bond acceptors (Lipinski definition) is 4. The standard InChI is InChI=1S/C14H12N4O2/c1-10-7-13(17-20-10)16-14(19)11-8-15-18(9-11)12-5-3-2-4-6-12/h2-9H,1H3,(H,16,17,19). The molecular formula is C14H12N4O2. The van der Waals surface area contributed by atoms with Gasteiger partial charge in [-0.15, -0.1) is 0 Å². The molecule has 0 saturated carbocycles. The number of carbonyl (C=O) groups is 1. The molecule has 0 radical (unpaired) electrons. The van der Waals surface area contributed by atoms with Crippen LogP contribution in [0, 0.1) is 6.92 Å². The summed E-state index contributed by atoms with van der Waals surface area (Å²) >= 11 is 0. The van der Waals surface area contributed by atoms with Crippen LogP contribution in [0.25, 0.3) is 5.69 Å². The molecule has 0 unspecified atom stereocenters. The maximum atomic E-state index is 12.0. The summed E-state index contributed by atoms with van der Waals surface area (Å²) < 4.78 is 6.53. The van der Waals surface area contributed by atoms with Crippen LogP contribution >= 0.6 is 0 Å². The summed E-state index contributed by atoms with van der Waals surface area (Å²) in [5.41, 5.74) is 1.35. The summed E-state index contributed by atoms with van der Waals surface area (Å²) in [5.74, 6) is 0.751. The molecule has 6 heteroatoms. The quantitative estimate of drug-likeness (QED) is 0.791. The van der Waals surface area contributed by atoms with E-state index in [4.69, 9.17) is 4.52 Å². The Morgan fingerprint density at radius 1 is 1.30 bits per heavy atom. The highest BCUT2D eigenvalue weighted by Gasteiger charge is 2.11. The third kappa shape index (κ3) is 2.44. The second-order valence-electron chi connectivity index (χ2n) is 4.29. The molecule has 6 nitrogen and oxygen atoms in total. The molecule has 0 aliphatic heterocycles. The first-order valence-electron chi connectivity index (χ1n) is 6.07. The lowest BCUT2D eigenvalue weighted by atomic mass is 10.3. The van der Waals surface area contributed by atoms with Gasteiger partial charge in [-0.1, -0.05) is 23.4 Å². The second kappa shape index (κ2) is 5.00. The lowest BCUT2D eigenvalue weighted by Gasteiger charge is -1.99. The highest BCUT2D eigenvalue weighted by molar-refractivity contribution is 6.03. The Hall–Kier alpha value is -2.89. The third-order valence-corrected chi connectivity index (χ3v) is 2.74. The maximum absolute atomic E-state index is 12.0. The van der Waals surface area contributed by atoms with E-state index in [-0.39, 0.29) is 5.91 Å². The van der Waals surface area contributed by atoms with Crippen molar-refractivity contribution in [3.8, 4) is 5.69 Å². The zero-order valence-corrected chi connectivity index (χ0v) is 10.8. The average molecular weight is 268 g/mol. The molecule has 1 amide bonds. The van der Waals surface area contributed by atoms with Crippen molar-refractivity contribution in [1.29, 1.82) is 0 Å². The van der Waals surface area contributed by atoms with Gasteiger partial charge in [-0.05, 0) is 19.1 Å². The average Bonchev–Trinajstić information content (AvgIpc) is 3.09. The molecule has 2 aromatic heterocycles. The van der Waals surface area contributed by atoms with E-state index < -0.39 is 0 Å². The van der Waals surface area contributed by atoms with Crippen molar-refractivity contribution in [2.75, 3.05) is 5.32 Å². The fourth-order valence-electron chi connectivity index (χ4n) is 1.78. The summed E-state index contributed by atoms with van der Waals surface area (Å²) in [4.78, 5) is 12.0. The third-order valence-electron chi connectivity index (χ3n) is 2.74. The van der Waals surface area contributed by atoms with E-state index in [0.29, 0.717) is 17.1 Å². The lowest BCUT2D eigenvalue weighted by molar-refractivity contribution is 0.102. The normalized spacial score (nSPS) is 10.4. The molecule has 0 aliphatic carbocycles. The van der Waals surface area contributed by atoms with Gasteiger partial charge in [0.1, 0.15) is 5.76 Å². The molecule has 20 heavy (non-hydrogen) atoms. The van der Waals surface area contributed by atoms with Crippen LogP contribution in [0.4, 0.5) is 5.82 Å². The molecule has 100 valence electrons. The van der Waals surface area contributed by atoms with Gasteiger partial charge in [-0.2, -0.15) is 5.10 Å². The van der Waals surface area contributed by atoms with E-state index in [9.17, 15) is 4.79 Å². The smallest absolute Gasteiger partial charge is 0.260 e. The van der Waals surface area contributed by atoms with Crippen LogP contribution in [-0.2, 0) is 0 Å². The monoisotopic (exact) mass is 268 g/mol. The Kier molecular flexibility index (Phi) is 3.04. The van der Waals surface area contributed by atoms with E-state index in [0.717, 1.165) is 5.69 Å². The molecule has 0 atom stereocenters. The van der Waals surface area contributed by atoms with E-state index in [1.165, 1.54) is 6.20 Å². The Bertz CT molecular complexity index is 730. The van der Waals surface area contributed by atoms with Gasteiger partial charge in [0.25, 0.3) is 5.91 Å². The largest absolute Gasteiger partial charge is 0.360 e. The van der Waals surface area contributed by atoms with E-state index in [1.807, 2.05) is 30.3 Å². The highest BCUT2D eigenvalue weighted by atomic mass is 16.5. The fraction of sp³-hybridized carbons (Fsp3) is 0.0714. The Labute approximate surface area is 115 Å². The van der Waals surface area contributed by atoms with Crippen molar-refractivity contribution in [1.82, 2.24) is 14.9 Å². The molecule has 0 fully saturated rings. The highest BCUT2D eigenvalue weighted by Crippen LogP contribution is 2.11. The molecule has 2 heterocycles. The van der Waals surface area contributed by atoms with Gasteiger partial charge in [-0.3, -0.25) is 4.79 Å². The van der Waals surface area contributed by atoms with Gasteiger partial charge in [0.15, 0.2) is 5.82 Å². The Morgan fingerprint density at radius 3 is 2.80 bits per heavy atom. The summed E-state index contributed by atoms with van der Waals surface area (Å²) in [7, 11) is 0. The number of amides is 1. The topological polar surface area (TPSA) is 73.0 Å². The molecule has 3 aromatic rings. The predicted octanol–water partition coefficient (Wildman–Crippen LogP) is 2.42. The number of benzene rings is 1. The number of rotatable bonds is 3. The lowest BCUT2D eigenvalue weighted by Crippen LogP contribution is -2.11. The van der Waals surface area contributed by atoms with Crippen molar-refractivity contribution >= 4 is 11.7 Å². The summed E-state index contributed by atoms with van der Waals surface area (Å²) in [6, 6.07) is 11.2. The fourth-order valence-corrected chi connectivity index (χ4v) is 1.78. The first kappa shape index (κ1) is 12.2. The Morgan fingerprint density at radius 2 is 2.10 bits per heavy atom. The molecule has 0 spiro atoms. The molecule has 0 saturated heterocycles. The molecule has 1 N–H and O–H groups in total. The summed E-state index contributed by atoms with van der Waals surface area (Å²) in [6.45, 7) is 1.76. The molecule has 3 rings (SSSR count). The van der Waals surface area contributed by atoms with Crippen LogP contribution in [-0.4, -0.2) is 20.8 Å². The minimum absolute atomic E-state index is 0.277. The van der Waals surface area contributed by atoms with Crippen LogP contribution in [0.1, 0.15) is 16.1 Å². The molecule has 0 bridgehead atoms. The van der Waals surface area contributed by atoms with Crippen LogP contribution in [0.3, 0.4) is 0 Å². The van der Waals surface area contributed by atoms with Crippen molar-refractivity contribution in [3.63, 3.8) is 0 Å². The van der Waals surface area contributed by atoms with Gasteiger partial charge in [0.05, 0.1) is 17.4 Å². The minimum Gasteiger partial charge on any atom is -0.360 e. The number of hydrogen-bond donors (Lipinski definition) is 1. The maximum Gasteiger partial charge on any atom is 0.260 e. The van der Waals surface area contributed by atoms with E-state index in [1.54, 1.807) is 23.9 Å². The molecule has 1 aromatic carbocycles. The van der Waals surface area contributed by atoms with Crippen LogP contribution < -0.4 is 5.32 Å². The van der Waals surface area contributed by atoms with Gasteiger partial charge < -0.3 is 9.84 Å². The van der Waals surface area contributed by atoms with Gasteiger partial charge >= 0.3 is 0 Å². The Balaban J connectivity index is 1.78. The minimum atomic E-state index is -0.277. The molecule has 0 aliphatic rings. The second-order valence-corrected chi connectivity index (χ2v) is 4.29. The van der Waals surface area contributed by atoms with Crippen molar-refractivity contribution < 1.29 is 9.32 Å². The van der Waals surface area contributed by atoms with Crippen LogP contribution in [0.5, 0.6) is 0 Å². The SMILES string of the molecule is Cc1cc(NC(=O)c2cnn(-c3ccccc3)c2)no1. The summed E-state index contributed by atoms with van der Waals surface area (Å²) in [6.07, 6.45) is 3.17. The summed E-state index contributed by atoms with van der Waals surface area (Å²) in [5, 5.41) is 10.5. The van der Waals surface area contributed by atoms with Gasteiger partial charge in [0.2, 0.25) is 0 Å².